The Morgan fingerprint density at radius 1 is 1.33 bits per heavy atom. The van der Waals surface area contributed by atoms with Crippen molar-refractivity contribution in [1.82, 2.24) is 15.1 Å². The van der Waals surface area contributed by atoms with Gasteiger partial charge in [-0.1, -0.05) is 13.8 Å². The number of aromatic nitrogens is 2. The Balaban J connectivity index is 2.06. The van der Waals surface area contributed by atoms with E-state index in [0.717, 1.165) is 25.4 Å². The monoisotopic (exact) mass is 249 g/mol. The zero-order chi connectivity index (χ0) is 13.1. The number of hydrogen-bond acceptors (Lipinski definition) is 2. The fourth-order valence-electron chi connectivity index (χ4n) is 2.82. The summed E-state index contributed by atoms with van der Waals surface area (Å²) in [7, 11) is 0. The van der Waals surface area contributed by atoms with Crippen LogP contribution < -0.4 is 5.32 Å². The summed E-state index contributed by atoms with van der Waals surface area (Å²) in [5, 5.41) is 8.41. The number of nitrogens with one attached hydrogen (secondary N) is 1. The van der Waals surface area contributed by atoms with Crippen molar-refractivity contribution < 1.29 is 0 Å². The first-order valence-electron chi connectivity index (χ1n) is 7.43. The molecule has 0 bridgehead atoms. The molecule has 1 aromatic rings. The van der Waals surface area contributed by atoms with E-state index in [1.165, 1.54) is 36.2 Å². The molecule has 0 saturated heterocycles. The molecule has 1 N–H and O–H groups in total. The largest absolute Gasteiger partial charge is 0.312 e. The smallest absolute Gasteiger partial charge is 0.0628 e. The molecule has 1 saturated carbocycles. The highest BCUT2D eigenvalue weighted by Crippen LogP contribution is 2.33. The van der Waals surface area contributed by atoms with Crippen LogP contribution in [0.2, 0.25) is 0 Å². The number of nitrogens with zero attached hydrogens (tertiary/aromatic N) is 2. The maximum Gasteiger partial charge on any atom is 0.0628 e. The summed E-state index contributed by atoms with van der Waals surface area (Å²) in [5.74, 6) is 0.880. The fraction of sp³-hybridized carbons (Fsp3) is 0.800. The summed E-state index contributed by atoms with van der Waals surface area (Å²) in [4.78, 5) is 0. The Labute approximate surface area is 111 Å². The van der Waals surface area contributed by atoms with Gasteiger partial charge in [-0.05, 0) is 57.6 Å². The van der Waals surface area contributed by atoms with Crippen molar-refractivity contribution in [2.45, 2.75) is 66.0 Å². The summed E-state index contributed by atoms with van der Waals surface area (Å²) < 4.78 is 2.22. The predicted octanol–water partition coefficient (Wildman–Crippen LogP) is 2.84. The Bertz CT molecular complexity index is 391. The van der Waals surface area contributed by atoms with E-state index in [-0.39, 0.29) is 0 Å². The van der Waals surface area contributed by atoms with Crippen molar-refractivity contribution in [1.29, 1.82) is 0 Å². The molecule has 1 heterocycles. The molecular formula is C15H27N3. The summed E-state index contributed by atoms with van der Waals surface area (Å²) in [5.41, 5.74) is 4.00. The molecule has 3 heteroatoms. The third-order valence-corrected chi connectivity index (χ3v) is 4.10. The molecule has 0 radical (unpaired) electrons. The summed E-state index contributed by atoms with van der Waals surface area (Å²) in [6.07, 6.45) is 5.08. The van der Waals surface area contributed by atoms with Crippen LogP contribution in [-0.2, 0) is 13.0 Å². The second-order valence-electron chi connectivity index (χ2n) is 5.58. The molecule has 18 heavy (non-hydrogen) atoms. The van der Waals surface area contributed by atoms with E-state index < -0.39 is 0 Å². The minimum absolute atomic E-state index is 0.618. The molecule has 0 aliphatic heterocycles. The normalized spacial score (nSPS) is 17.1. The van der Waals surface area contributed by atoms with Gasteiger partial charge in [0, 0.05) is 11.7 Å². The average molecular weight is 249 g/mol. The van der Waals surface area contributed by atoms with Crippen LogP contribution in [0.5, 0.6) is 0 Å². The van der Waals surface area contributed by atoms with Crippen molar-refractivity contribution in [2.24, 2.45) is 5.92 Å². The van der Waals surface area contributed by atoms with E-state index in [1.807, 2.05) is 0 Å². The van der Waals surface area contributed by atoms with E-state index in [2.05, 4.69) is 37.7 Å². The van der Waals surface area contributed by atoms with Gasteiger partial charge < -0.3 is 5.32 Å². The van der Waals surface area contributed by atoms with Gasteiger partial charge in [0.25, 0.3) is 0 Å². The Morgan fingerprint density at radius 2 is 2.06 bits per heavy atom. The molecule has 3 nitrogen and oxygen atoms in total. The van der Waals surface area contributed by atoms with Crippen molar-refractivity contribution >= 4 is 0 Å². The van der Waals surface area contributed by atoms with E-state index in [9.17, 15) is 0 Å². The molecule has 1 aliphatic carbocycles. The highest BCUT2D eigenvalue weighted by atomic mass is 15.3. The maximum atomic E-state index is 4.72. The zero-order valence-electron chi connectivity index (χ0n) is 12.3. The Morgan fingerprint density at radius 3 is 2.56 bits per heavy atom. The molecule has 0 spiro atoms. The molecule has 102 valence electrons. The molecule has 0 amide bonds. The highest BCUT2D eigenvalue weighted by Gasteiger charge is 2.31. The van der Waals surface area contributed by atoms with E-state index in [0.29, 0.717) is 6.04 Å². The average Bonchev–Trinajstić information content (AvgIpc) is 3.14. The first kappa shape index (κ1) is 13.6. The fourth-order valence-corrected chi connectivity index (χ4v) is 2.82. The van der Waals surface area contributed by atoms with Crippen LogP contribution >= 0.6 is 0 Å². The van der Waals surface area contributed by atoms with Crippen LogP contribution in [0.1, 0.15) is 50.1 Å². The van der Waals surface area contributed by atoms with Crippen LogP contribution in [0.3, 0.4) is 0 Å². The number of hydrogen-bond donors (Lipinski definition) is 1. The molecule has 1 fully saturated rings. The predicted molar refractivity (Wildman–Crippen MR) is 75.9 cm³/mol. The standard InChI is InChI=1S/C15H27N3/c1-5-9-16-15(13-7-8-13)10-18-12(4)14(6-2)11(3)17-18/h13,15-16H,5-10H2,1-4H3. The third kappa shape index (κ3) is 2.94. The van der Waals surface area contributed by atoms with Gasteiger partial charge in [-0.15, -0.1) is 0 Å². The summed E-state index contributed by atoms with van der Waals surface area (Å²) in [6.45, 7) is 11.0. The van der Waals surface area contributed by atoms with Gasteiger partial charge in [0.1, 0.15) is 0 Å². The van der Waals surface area contributed by atoms with E-state index in [1.54, 1.807) is 0 Å². The van der Waals surface area contributed by atoms with Crippen LogP contribution in [0.4, 0.5) is 0 Å². The van der Waals surface area contributed by atoms with Crippen molar-refractivity contribution in [3.8, 4) is 0 Å². The molecule has 1 unspecified atom stereocenters. The van der Waals surface area contributed by atoms with Crippen molar-refractivity contribution in [3.05, 3.63) is 17.0 Å². The van der Waals surface area contributed by atoms with Crippen LogP contribution in [0.25, 0.3) is 0 Å². The van der Waals surface area contributed by atoms with E-state index >= 15 is 0 Å². The molecular weight excluding hydrogens is 222 g/mol. The Hall–Kier alpha value is -0.830. The van der Waals surface area contributed by atoms with Gasteiger partial charge in [-0.25, -0.2) is 0 Å². The summed E-state index contributed by atoms with van der Waals surface area (Å²) in [6, 6.07) is 0.618. The molecule has 1 aromatic heterocycles. The number of aryl methyl sites for hydroxylation is 1. The van der Waals surface area contributed by atoms with Gasteiger partial charge in [0.2, 0.25) is 0 Å². The lowest BCUT2D eigenvalue weighted by Gasteiger charge is -2.19. The second kappa shape index (κ2) is 5.87. The zero-order valence-corrected chi connectivity index (χ0v) is 12.3. The SMILES string of the molecule is CCCNC(Cn1nc(C)c(CC)c1C)C1CC1. The molecule has 0 aromatic carbocycles. The summed E-state index contributed by atoms with van der Waals surface area (Å²) >= 11 is 0. The topological polar surface area (TPSA) is 29.9 Å². The lowest BCUT2D eigenvalue weighted by molar-refractivity contribution is 0.385. The number of rotatable bonds is 7. The minimum Gasteiger partial charge on any atom is -0.312 e. The van der Waals surface area contributed by atoms with Crippen molar-refractivity contribution in [3.63, 3.8) is 0 Å². The van der Waals surface area contributed by atoms with Gasteiger partial charge in [0.05, 0.1) is 12.2 Å². The second-order valence-corrected chi connectivity index (χ2v) is 5.58. The van der Waals surface area contributed by atoms with Crippen molar-refractivity contribution in [2.75, 3.05) is 6.54 Å². The maximum absolute atomic E-state index is 4.72. The highest BCUT2D eigenvalue weighted by molar-refractivity contribution is 5.24. The molecule has 1 atom stereocenters. The lowest BCUT2D eigenvalue weighted by Crippen LogP contribution is -2.36. The minimum atomic E-state index is 0.618. The van der Waals surface area contributed by atoms with Crippen LogP contribution in [0, 0.1) is 19.8 Å². The van der Waals surface area contributed by atoms with E-state index in [4.69, 9.17) is 5.10 Å². The first-order valence-corrected chi connectivity index (χ1v) is 7.43. The van der Waals surface area contributed by atoms with Gasteiger partial charge >= 0.3 is 0 Å². The molecule has 1 aliphatic rings. The van der Waals surface area contributed by atoms with Gasteiger partial charge in [0.15, 0.2) is 0 Å². The van der Waals surface area contributed by atoms with Crippen LogP contribution in [0.15, 0.2) is 0 Å². The first-order chi connectivity index (χ1) is 8.67. The quantitative estimate of drug-likeness (QED) is 0.805. The Kier molecular flexibility index (Phi) is 4.44. The molecule has 2 rings (SSSR count). The van der Waals surface area contributed by atoms with Crippen LogP contribution in [-0.4, -0.2) is 22.4 Å². The third-order valence-electron chi connectivity index (χ3n) is 4.10. The van der Waals surface area contributed by atoms with Gasteiger partial charge in [-0.2, -0.15) is 5.10 Å². The lowest BCUT2D eigenvalue weighted by atomic mass is 10.1. The van der Waals surface area contributed by atoms with Gasteiger partial charge in [-0.3, -0.25) is 4.68 Å².